The van der Waals surface area contributed by atoms with Crippen LogP contribution >= 0.6 is 0 Å². The van der Waals surface area contributed by atoms with Crippen molar-refractivity contribution in [3.8, 4) is 0 Å². The lowest BCUT2D eigenvalue weighted by Gasteiger charge is -2.17. The Bertz CT molecular complexity index is 795. The SMILES string of the molecule is CN(CCc1ccc2ccccc2c1)C(=O)Cc1ccccc1. The molecule has 2 heteroatoms. The summed E-state index contributed by atoms with van der Waals surface area (Å²) in [5.41, 5.74) is 2.33. The number of hydrogen-bond donors (Lipinski definition) is 0. The zero-order chi connectivity index (χ0) is 16.1. The van der Waals surface area contributed by atoms with Gasteiger partial charge in [0.2, 0.25) is 5.91 Å². The van der Waals surface area contributed by atoms with Crippen molar-refractivity contribution in [3.05, 3.63) is 83.9 Å². The van der Waals surface area contributed by atoms with Gasteiger partial charge >= 0.3 is 0 Å². The van der Waals surface area contributed by atoms with Gasteiger partial charge < -0.3 is 4.90 Å². The molecule has 1 amide bonds. The molecule has 0 aliphatic heterocycles. The van der Waals surface area contributed by atoms with Gasteiger partial charge in [0.25, 0.3) is 0 Å². The number of hydrogen-bond acceptors (Lipinski definition) is 1. The van der Waals surface area contributed by atoms with E-state index in [1.165, 1.54) is 16.3 Å². The molecular weight excluding hydrogens is 282 g/mol. The molecule has 0 saturated carbocycles. The molecule has 0 unspecified atom stereocenters. The zero-order valence-corrected chi connectivity index (χ0v) is 13.4. The Morgan fingerprint density at radius 2 is 1.52 bits per heavy atom. The minimum absolute atomic E-state index is 0.164. The molecule has 0 aliphatic rings. The van der Waals surface area contributed by atoms with Gasteiger partial charge in [0, 0.05) is 13.6 Å². The van der Waals surface area contributed by atoms with Crippen LogP contribution in [0.4, 0.5) is 0 Å². The summed E-state index contributed by atoms with van der Waals surface area (Å²) in [6, 6.07) is 24.8. The maximum absolute atomic E-state index is 12.3. The molecule has 23 heavy (non-hydrogen) atoms. The topological polar surface area (TPSA) is 20.3 Å². The van der Waals surface area contributed by atoms with Gasteiger partial charge in [-0.3, -0.25) is 4.79 Å². The summed E-state index contributed by atoms with van der Waals surface area (Å²) in [5, 5.41) is 2.51. The average molecular weight is 303 g/mol. The molecule has 2 nitrogen and oxygen atoms in total. The van der Waals surface area contributed by atoms with Crippen molar-refractivity contribution in [1.82, 2.24) is 4.90 Å². The Balaban J connectivity index is 1.59. The summed E-state index contributed by atoms with van der Waals surface area (Å²) in [7, 11) is 1.88. The van der Waals surface area contributed by atoms with Crippen LogP contribution in [0.3, 0.4) is 0 Å². The van der Waals surface area contributed by atoms with Crippen LogP contribution in [0.1, 0.15) is 11.1 Å². The van der Waals surface area contributed by atoms with Crippen LogP contribution in [0.15, 0.2) is 72.8 Å². The molecule has 3 aromatic rings. The second-order valence-electron chi connectivity index (χ2n) is 5.91. The molecule has 0 aliphatic carbocycles. The summed E-state index contributed by atoms with van der Waals surface area (Å²) < 4.78 is 0. The molecule has 3 rings (SSSR count). The van der Waals surface area contributed by atoms with E-state index < -0.39 is 0 Å². The normalized spacial score (nSPS) is 10.7. The predicted molar refractivity (Wildman–Crippen MR) is 95.4 cm³/mol. The highest BCUT2D eigenvalue weighted by atomic mass is 16.2. The van der Waals surface area contributed by atoms with Crippen molar-refractivity contribution >= 4 is 16.7 Å². The Morgan fingerprint density at radius 1 is 0.826 bits per heavy atom. The minimum Gasteiger partial charge on any atom is -0.345 e. The van der Waals surface area contributed by atoms with Gasteiger partial charge in [-0.15, -0.1) is 0 Å². The molecule has 0 aromatic heterocycles. The van der Waals surface area contributed by atoms with E-state index in [9.17, 15) is 4.79 Å². The third kappa shape index (κ3) is 3.98. The lowest BCUT2D eigenvalue weighted by atomic mass is 10.0. The smallest absolute Gasteiger partial charge is 0.226 e. The van der Waals surface area contributed by atoms with Gasteiger partial charge in [-0.25, -0.2) is 0 Å². The molecule has 3 aromatic carbocycles. The third-order valence-electron chi connectivity index (χ3n) is 4.17. The number of benzene rings is 3. The molecule has 0 radical (unpaired) electrons. The Kier molecular flexibility index (Phi) is 4.72. The zero-order valence-electron chi connectivity index (χ0n) is 13.4. The fourth-order valence-corrected chi connectivity index (χ4v) is 2.72. The van der Waals surface area contributed by atoms with Crippen molar-refractivity contribution in [2.24, 2.45) is 0 Å². The largest absolute Gasteiger partial charge is 0.345 e. The fourth-order valence-electron chi connectivity index (χ4n) is 2.72. The van der Waals surface area contributed by atoms with Crippen molar-refractivity contribution < 1.29 is 4.79 Å². The van der Waals surface area contributed by atoms with E-state index in [-0.39, 0.29) is 5.91 Å². The number of fused-ring (bicyclic) bond motifs is 1. The fraction of sp³-hybridized carbons (Fsp3) is 0.190. The highest BCUT2D eigenvalue weighted by Gasteiger charge is 2.09. The van der Waals surface area contributed by atoms with Crippen LogP contribution in [0, 0.1) is 0 Å². The molecule has 0 fully saturated rings. The van der Waals surface area contributed by atoms with E-state index in [0.717, 1.165) is 18.5 Å². The highest BCUT2D eigenvalue weighted by Crippen LogP contribution is 2.16. The van der Waals surface area contributed by atoms with Crippen LogP contribution in [0.2, 0.25) is 0 Å². The molecule has 0 spiro atoms. The van der Waals surface area contributed by atoms with Crippen molar-refractivity contribution in [2.45, 2.75) is 12.8 Å². The summed E-state index contributed by atoms with van der Waals surface area (Å²) in [4.78, 5) is 14.1. The van der Waals surface area contributed by atoms with E-state index in [0.29, 0.717) is 6.42 Å². The van der Waals surface area contributed by atoms with Crippen LogP contribution < -0.4 is 0 Å². The summed E-state index contributed by atoms with van der Waals surface area (Å²) in [6.07, 6.45) is 1.34. The predicted octanol–water partition coefficient (Wildman–Crippen LogP) is 4.08. The number of carbonyl (C=O) groups is 1. The van der Waals surface area contributed by atoms with Crippen LogP contribution in [0.25, 0.3) is 10.8 Å². The van der Waals surface area contributed by atoms with E-state index in [2.05, 4.69) is 42.5 Å². The van der Waals surface area contributed by atoms with E-state index in [4.69, 9.17) is 0 Å². The van der Waals surface area contributed by atoms with Gasteiger partial charge in [0.1, 0.15) is 0 Å². The number of carbonyl (C=O) groups excluding carboxylic acids is 1. The average Bonchev–Trinajstić information content (AvgIpc) is 2.60. The van der Waals surface area contributed by atoms with E-state index >= 15 is 0 Å². The van der Waals surface area contributed by atoms with Crippen LogP contribution in [0.5, 0.6) is 0 Å². The van der Waals surface area contributed by atoms with Crippen molar-refractivity contribution in [2.75, 3.05) is 13.6 Å². The van der Waals surface area contributed by atoms with Gasteiger partial charge in [0.05, 0.1) is 6.42 Å². The minimum atomic E-state index is 0.164. The lowest BCUT2D eigenvalue weighted by molar-refractivity contribution is -0.129. The van der Waals surface area contributed by atoms with Gasteiger partial charge in [-0.05, 0) is 28.3 Å². The monoisotopic (exact) mass is 303 g/mol. The molecule has 0 heterocycles. The third-order valence-corrected chi connectivity index (χ3v) is 4.17. The maximum Gasteiger partial charge on any atom is 0.226 e. The highest BCUT2D eigenvalue weighted by molar-refractivity contribution is 5.83. The molecule has 0 bridgehead atoms. The second-order valence-corrected chi connectivity index (χ2v) is 5.91. The van der Waals surface area contributed by atoms with Crippen molar-refractivity contribution in [1.29, 1.82) is 0 Å². The van der Waals surface area contributed by atoms with Crippen LogP contribution in [-0.2, 0) is 17.6 Å². The molecular formula is C21H21NO. The number of rotatable bonds is 5. The maximum atomic E-state index is 12.3. The van der Waals surface area contributed by atoms with Crippen LogP contribution in [-0.4, -0.2) is 24.4 Å². The molecule has 116 valence electrons. The first kappa shape index (κ1) is 15.3. The Morgan fingerprint density at radius 3 is 2.30 bits per heavy atom. The quantitative estimate of drug-likeness (QED) is 0.695. The molecule has 0 saturated heterocycles. The van der Waals surface area contributed by atoms with Gasteiger partial charge in [-0.2, -0.15) is 0 Å². The van der Waals surface area contributed by atoms with E-state index in [1.54, 1.807) is 0 Å². The summed E-state index contributed by atoms with van der Waals surface area (Å²) >= 11 is 0. The summed E-state index contributed by atoms with van der Waals surface area (Å²) in [6.45, 7) is 0.740. The van der Waals surface area contributed by atoms with Gasteiger partial charge in [-0.1, -0.05) is 72.8 Å². The molecule has 0 atom stereocenters. The molecule has 0 N–H and O–H groups in total. The second kappa shape index (κ2) is 7.10. The standard InChI is InChI=1S/C21H21NO/c1-22(21(23)16-17-7-3-2-4-8-17)14-13-18-11-12-19-9-5-6-10-20(19)15-18/h2-12,15H,13-14,16H2,1H3. The first-order chi connectivity index (χ1) is 11.2. The summed E-state index contributed by atoms with van der Waals surface area (Å²) in [5.74, 6) is 0.164. The number of nitrogens with zero attached hydrogens (tertiary/aromatic N) is 1. The van der Waals surface area contributed by atoms with Crippen molar-refractivity contribution in [3.63, 3.8) is 0 Å². The van der Waals surface area contributed by atoms with Gasteiger partial charge in [0.15, 0.2) is 0 Å². The van der Waals surface area contributed by atoms with E-state index in [1.807, 2.05) is 42.3 Å². The Labute approximate surface area is 137 Å². The first-order valence-corrected chi connectivity index (χ1v) is 7.98. The number of likely N-dealkylation sites (N-methyl/N-ethyl adjacent to an activating group) is 1. The number of amides is 1. The lowest BCUT2D eigenvalue weighted by Crippen LogP contribution is -2.30. The Hall–Kier alpha value is -2.61. The first-order valence-electron chi connectivity index (χ1n) is 7.98.